The number of halogens is 1. The molecular formula is C21H19ClN2O3S. The molecule has 0 spiro atoms. The van der Waals surface area contributed by atoms with E-state index in [4.69, 9.17) is 16.3 Å². The van der Waals surface area contributed by atoms with Crippen LogP contribution in [0.1, 0.15) is 11.1 Å². The monoisotopic (exact) mass is 414 g/mol. The van der Waals surface area contributed by atoms with Crippen LogP contribution in [0.4, 0.5) is 5.69 Å². The maximum atomic E-state index is 12.0. The molecule has 1 N–H and O–H groups in total. The van der Waals surface area contributed by atoms with Crippen LogP contribution in [-0.4, -0.2) is 29.2 Å². The number of hydrogen-bond donors (Lipinski definition) is 1. The number of carbonyl (C=O) groups is 2. The molecule has 0 fully saturated rings. The highest BCUT2D eigenvalue weighted by Gasteiger charge is 2.11. The molecule has 0 radical (unpaired) electrons. The quantitative estimate of drug-likeness (QED) is 0.464. The van der Waals surface area contributed by atoms with E-state index in [-0.39, 0.29) is 12.4 Å². The normalized spacial score (nSPS) is 10.7. The number of carbonyl (C=O) groups excluding carboxylic acids is 2. The van der Waals surface area contributed by atoms with Crippen molar-refractivity contribution in [2.75, 3.05) is 17.7 Å². The van der Waals surface area contributed by atoms with E-state index in [9.17, 15) is 9.59 Å². The maximum absolute atomic E-state index is 12.0. The summed E-state index contributed by atoms with van der Waals surface area (Å²) in [5, 5.41) is 5.13. The molecule has 1 heterocycles. The standard InChI is InChI=1S/C21H19ClN2O3S/c1-13-10-20(24-18-6-4-3-5-16(13)18)28-12-21(26)27-11-19(25)23-17-8-7-15(22)9-14(17)2/h3-10H,11-12H2,1-2H3,(H,23,25). The van der Waals surface area contributed by atoms with Gasteiger partial charge in [0.15, 0.2) is 6.61 Å². The summed E-state index contributed by atoms with van der Waals surface area (Å²) in [6.07, 6.45) is 0. The van der Waals surface area contributed by atoms with Crippen molar-refractivity contribution in [3.63, 3.8) is 0 Å². The van der Waals surface area contributed by atoms with Crippen LogP contribution in [0.5, 0.6) is 0 Å². The van der Waals surface area contributed by atoms with Crippen LogP contribution < -0.4 is 5.32 Å². The summed E-state index contributed by atoms with van der Waals surface area (Å²) >= 11 is 7.18. The van der Waals surface area contributed by atoms with E-state index in [0.29, 0.717) is 10.7 Å². The number of ether oxygens (including phenoxy) is 1. The van der Waals surface area contributed by atoms with Crippen molar-refractivity contribution in [2.45, 2.75) is 18.9 Å². The van der Waals surface area contributed by atoms with Gasteiger partial charge in [-0.3, -0.25) is 9.59 Å². The highest BCUT2D eigenvalue weighted by Crippen LogP contribution is 2.23. The van der Waals surface area contributed by atoms with Crippen molar-refractivity contribution in [1.82, 2.24) is 4.98 Å². The molecule has 3 rings (SSSR count). The van der Waals surface area contributed by atoms with Crippen LogP contribution in [0, 0.1) is 13.8 Å². The van der Waals surface area contributed by atoms with Crippen molar-refractivity contribution in [1.29, 1.82) is 0 Å². The summed E-state index contributed by atoms with van der Waals surface area (Å²) in [6.45, 7) is 3.50. The number of aryl methyl sites for hydroxylation is 2. The number of nitrogens with one attached hydrogen (secondary N) is 1. The van der Waals surface area contributed by atoms with Gasteiger partial charge in [0.1, 0.15) is 0 Å². The Morgan fingerprint density at radius 3 is 2.68 bits per heavy atom. The van der Waals surface area contributed by atoms with Gasteiger partial charge in [-0.25, -0.2) is 4.98 Å². The van der Waals surface area contributed by atoms with Crippen LogP contribution in [0.2, 0.25) is 5.02 Å². The minimum absolute atomic E-state index is 0.0814. The van der Waals surface area contributed by atoms with Crippen molar-refractivity contribution in [2.24, 2.45) is 0 Å². The molecule has 0 bridgehead atoms. The molecule has 5 nitrogen and oxygen atoms in total. The Kier molecular flexibility index (Phi) is 6.54. The zero-order valence-corrected chi connectivity index (χ0v) is 17.1. The molecule has 7 heteroatoms. The predicted molar refractivity (Wildman–Crippen MR) is 113 cm³/mol. The lowest BCUT2D eigenvalue weighted by atomic mass is 10.1. The molecule has 1 aromatic heterocycles. The molecule has 0 atom stereocenters. The average Bonchev–Trinajstić information content (AvgIpc) is 2.67. The average molecular weight is 415 g/mol. The van der Waals surface area contributed by atoms with Crippen LogP contribution in [-0.2, 0) is 14.3 Å². The Hall–Kier alpha value is -2.57. The van der Waals surface area contributed by atoms with Crippen molar-refractivity contribution in [3.05, 3.63) is 64.7 Å². The third kappa shape index (κ3) is 5.24. The number of hydrogen-bond acceptors (Lipinski definition) is 5. The molecular weight excluding hydrogens is 396 g/mol. The fraction of sp³-hybridized carbons (Fsp3) is 0.190. The number of nitrogens with zero attached hydrogens (tertiary/aromatic N) is 1. The number of amides is 1. The first-order valence-corrected chi connectivity index (χ1v) is 9.99. The van der Waals surface area contributed by atoms with Gasteiger partial charge in [0, 0.05) is 16.1 Å². The van der Waals surface area contributed by atoms with Gasteiger partial charge in [0.25, 0.3) is 5.91 Å². The highest BCUT2D eigenvalue weighted by atomic mass is 35.5. The first kappa shape index (κ1) is 20.2. The second-order valence-corrected chi connectivity index (χ2v) is 7.68. The van der Waals surface area contributed by atoms with E-state index in [2.05, 4.69) is 10.3 Å². The number of benzene rings is 2. The van der Waals surface area contributed by atoms with Crippen LogP contribution in [0.15, 0.2) is 53.6 Å². The number of para-hydroxylation sites is 1. The summed E-state index contributed by atoms with van der Waals surface area (Å²) < 4.78 is 5.05. The number of pyridine rings is 1. The maximum Gasteiger partial charge on any atom is 0.316 e. The van der Waals surface area contributed by atoms with Gasteiger partial charge in [-0.2, -0.15) is 0 Å². The first-order valence-electron chi connectivity index (χ1n) is 8.63. The highest BCUT2D eigenvalue weighted by molar-refractivity contribution is 7.99. The molecule has 2 aromatic carbocycles. The van der Waals surface area contributed by atoms with Crippen LogP contribution in [0.3, 0.4) is 0 Å². The molecule has 0 unspecified atom stereocenters. The predicted octanol–water partition coefficient (Wildman–Crippen LogP) is 4.78. The SMILES string of the molecule is Cc1cc(Cl)ccc1NC(=O)COC(=O)CSc1cc(C)c2ccccc2n1. The third-order valence-electron chi connectivity index (χ3n) is 4.06. The van der Waals surface area contributed by atoms with E-state index in [1.165, 1.54) is 11.8 Å². The van der Waals surface area contributed by atoms with E-state index in [0.717, 1.165) is 27.1 Å². The second kappa shape index (κ2) is 9.08. The molecule has 0 aliphatic rings. The molecule has 0 aliphatic heterocycles. The molecule has 0 saturated heterocycles. The third-order valence-corrected chi connectivity index (χ3v) is 5.18. The smallest absolute Gasteiger partial charge is 0.316 e. The topological polar surface area (TPSA) is 68.3 Å². The van der Waals surface area contributed by atoms with Gasteiger partial charge < -0.3 is 10.1 Å². The van der Waals surface area contributed by atoms with Crippen molar-refractivity contribution < 1.29 is 14.3 Å². The Bertz CT molecular complexity index is 1040. The first-order chi connectivity index (χ1) is 13.4. The van der Waals surface area contributed by atoms with E-state index < -0.39 is 11.9 Å². The van der Waals surface area contributed by atoms with E-state index in [1.54, 1.807) is 18.2 Å². The number of anilines is 1. The number of rotatable bonds is 6. The Morgan fingerprint density at radius 2 is 1.89 bits per heavy atom. The van der Waals surface area contributed by atoms with Gasteiger partial charge in [-0.1, -0.05) is 41.6 Å². The lowest BCUT2D eigenvalue weighted by Gasteiger charge is -2.09. The lowest BCUT2D eigenvalue weighted by molar-refractivity contribution is -0.144. The summed E-state index contributed by atoms with van der Waals surface area (Å²) in [7, 11) is 0. The Labute approximate surface area is 172 Å². The summed E-state index contributed by atoms with van der Waals surface area (Å²) in [5.74, 6) is -0.790. The number of fused-ring (bicyclic) bond motifs is 1. The van der Waals surface area contributed by atoms with E-state index >= 15 is 0 Å². The molecule has 0 saturated carbocycles. The number of esters is 1. The molecule has 144 valence electrons. The summed E-state index contributed by atoms with van der Waals surface area (Å²) in [5.41, 5.74) is 3.45. The van der Waals surface area contributed by atoms with Crippen LogP contribution >= 0.6 is 23.4 Å². The number of aromatic nitrogens is 1. The summed E-state index contributed by atoms with van der Waals surface area (Å²) in [6, 6.07) is 14.9. The van der Waals surface area contributed by atoms with Gasteiger partial charge in [-0.15, -0.1) is 0 Å². The van der Waals surface area contributed by atoms with E-state index in [1.807, 2.05) is 44.2 Å². The fourth-order valence-electron chi connectivity index (χ4n) is 2.67. The molecule has 0 aliphatic carbocycles. The van der Waals surface area contributed by atoms with Crippen LogP contribution in [0.25, 0.3) is 10.9 Å². The second-order valence-electron chi connectivity index (χ2n) is 6.25. The largest absolute Gasteiger partial charge is 0.455 e. The minimum atomic E-state index is -0.472. The van der Waals surface area contributed by atoms with Gasteiger partial charge in [-0.05, 0) is 55.3 Å². The summed E-state index contributed by atoms with van der Waals surface area (Å²) in [4.78, 5) is 28.5. The molecule has 28 heavy (non-hydrogen) atoms. The minimum Gasteiger partial charge on any atom is -0.455 e. The fourth-order valence-corrected chi connectivity index (χ4v) is 3.67. The molecule has 1 amide bonds. The lowest BCUT2D eigenvalue weighted by Crippen LogP contribution is -2.22. The van der Waals surface area contributed by atoms with Gasteiger partial charge in [0.05, 0.1) is 16.3 Å². The van der Waals surface area contributed by atoms with Gasteiger partial charge >= 0.3 is 5.97 Å². The Morgan fingerprint density at radius 1 is 1.11 bits per heavy atom. The molecule has 3 aromatic rings. The number of thioether (sulfide) groups is 1. The zero-order valence-electron chi connectivity index (χ0n) is 15.5. The van der Waals surface area contributed by atoms with Crippen molar-refractivity contribution in [3.8, 4) is 0 Å². The Balaban J connectivity index is 1.50. The van der Waals surface area contributed by atoms with Crippen molar-refractivity contribution >= 4 is 51.8 Å². The van der Waals surface area contributed by atoms with Gasteiger partial charge in [0.2, 0.25) is 0 Å². The zero-order chi connectivity index (χ0) is 20.1.